The van der Waals surface area contributed by atoms with Crippen LogP contribution in [0.3, 0.4) is 0 Å². The molecule has 174 valence electrons. The summed E-state index contributed by atoms with van der Waals surface area (Å²) in [5.74, 6) is 0. The molecule has 0 aromatic carbocycles. The maximum absolute atomic E-state index is 8.08. The van der Waals surface area contributed by atoms with Crippen LogP contribution in [0.2, 0.25) is 0 Å². The number of aliphatic hydroxyl groups is 1. The summed E-state index contributed by atoms with van der Waals surface area (Å²) in [6, 6.07) is 0. The van der Waals surface area contributed by atoms with Gasteiger partial charge in [0.15, 0.2) is 0 Å². The third-order valence-corrected chi connectivity index (χ3v) is 0.512. The van der Waals surface area contributed by atoms with E-state index < -0.39 is 0 Å². The standard InChI is InChI=1S/C2H4NO.30V/c1-3-2-4;;;;;;;;;;;;;;;;;;;;;;;;;;;;;;/h4H,1H3;;;;;;;;;;;;;;;;;;;;;;;;;;;;;;/q-1;;;;;;;;;;;;;;;;;;;;;;;;;;;;;;. The van der Waals surface area contributed by atoms with E-state index in [4.69, 9.17) is 5.11 Å². The third-order valence-electron chi connectivity index (χ3n) is 0.200. The predicted octanol–water partition coefficient (Wildman–Crippen LogP) is -0.0759. The van der Waals surface area contributed by atoms with Gasteiger partial charge in [0.05, 0.1) is 0 Å². The Labute approximate surface area is 554 Å². The Bertz CT molecular complexity index is 67.8. The normalized spacial score (nSPS) is 1.15. The topological polar surface area (TPSA) is 34.3 Å². The average Bonchev–Trinajstić information content (AvgIpc) is 1.73. The van der Waals surface area contributed by atoms with Crippen LogP contribution in [-0.2, 0) is 547 Å². The Balaban J connectivity index is -0.000000000313. The molecular formula is C2H4NOV30-. The van der Waals surface area contributed by atoms with Gasteiger partial charge in [-0.2, -0.15) is 0 Å². The molecule has 0 aromatic rings. The molecule has 0 saturated carbocycles. The molecule has 0 aliphatic heterocycles. The molecule has 0 fully saturated rings. The van der Waals surface area contributed by atoms with E-state index >= 15 is 0 Å². The molecule has 0 unspecified atom stereocenters. The van der Waals surface area contributed by atoms with Gasteiger partial charge in [-0.1, -0.05) is 0 Å². The molecule has 0 atom stereocenters. The van der Waals surface area contributed by atoms with Gasteiger partial charge in [0.1, 0.15) is 0 Å². The number of nitrogens with zero attached hydrogens (tertiary/aromatic N) is 1. The molecular weight excluding hydrogens is 1580 g/mol. The van der Waals surface area contributed by atoms with E-state index in [0.29, 0.717) is 0 Å². The fourth-order valence-corrected chi connectivity index (χ4v) is 0. The van der Waals surface area contributed by atoms with E-state index in [0.717, 1.165) is 0 Å². The second-order valence-electron chi connectivity index (χ2n) is 0.524. The average molecular weight is 1590 g/mol. The van der Waals surface area contributed by atoms with Crippen LogP contribution in [0.1, 0.15) is 0 Å². The first kappa shape index (κ1) is 261. The number of hydrogen-bond acceptors (Lipinski definition) is 1. The Morgan fingerprint density at radius 1 is 0.353 bits per heavy atom. The minimum absolute atomic E-state index is 0. The summed E-state index contributed by atoms with van der Waals surface area (Å²) in [7, 11) is 1.52. The van der Waals surface area contributed by atoms with Gasteiger partial charge >= 0.3 is 68.2 Å². The molecule has 0 aliphatic rings. The zero-order chi connectivity index (χ0) is 6.28. The van der Waals surface area contributed by atoms with E-state index in [-0.39, 0.29) is 506 Å². The van der Waals surface area contributed by atoms with Crippen LogP contribution in [0.5, 0.6) is 0 Å². The molecule has 0 spiro atoms. The van der Waals surface area contributed by atoms with Gasteiger partial charge in [-0.15, -0.1) is 0 Å². The molecule has 0 aromatic heterocycles. The second kappa shape index (κ2) is 269. The fraction of sp³-hybridized carbons (Fsp3) is 0.500. The molecule has 0 heterocycles. The molecule has 34 heavy (non-hydrogen) atoms. The maximum atomic E-state index is 8.08. The molecule has 0 amide bonds. The summed E-state index contributed by atoms with van der Waals surface area (Å²) in [4.78, 5) is 0. The van der Waals surface area contributed by atoms with Gasteiger partial charge < -0.3 is 0 Å². The van der Waals surface area contributed by atoms with Crippen molar-refractivity contribution >= 4 is 4.54 Å². The molecule has 2 nitrogen and oxygen atoms in total. The summed E-state index contributed by atoms with van der Waals surface area (Å²) in [6.07, 6.45) is 0. The van der Waals surface area contributed by atoms with Crippen molar-refractivity contribution in [3.05, 3.63) is 5.32 Å². The zero-order valence-corrected chi connectivity index (χ0v) is 57.7. The Kier molecular flexibility index (Phi) is 2070. The Hall–Kier alpha value is 17.3. The molecule has 0 bridgehead atoms. The van der Waals surface area contributed by atoms with Crippen LogP contribution >= 0.6 is 0 Å². The van der Waals surface area contributed by atoms with E-state index in [1.54, 1.807) is 0 Å². The van der Waals surface area contributed by atoms with Crippen LogP contribution in [0.15, 0.2) is 0 Å². The predicted molar refractivity (Wildman–Crippen MR) is 16.2 cm³/mol. The summed E-state index contributed by atoms with van der Waals surface area (Å²) < 4.78 is 0.0671. The Morgan fingerprint density at radius 2 is 0.382 bits per heavy atom. The van der Waals surface area contributed by atoms with E-state index in [9.17, 15) is 0 Å². The van der Waals surface area contributed by atoms with Gasteiger partial charge in [-0.3, -0.25) is 0 Å². The van der Waals surface area contributed by atoms with Gasteiger partial charge in [0.25, 0.3) is 0 Å². The van der Waals surface area contributed by atoms with Crippen molar-refractivity contribution in [1.82, 2.24) is 0 Å². The first-order valence-electron chi connectivity index (χ1n) is 1.32. The summed E-state index contributed by atoms with van der Waals surface area (Å²) in [6.45, 7) is 0. The van der Waals surface area contributed by atoms with Gasteiger partial charge in [0, 0.05) is 501 Å². The summed E-state index contributed by atoms with van der Waals surface area (Å²) in [5, 5.41) is 11.4. The van der Waals surface area contributed by atoms with Crippen LogP contribution < -0.4 is 0 Å². The van der Waals surface area contributed by atoms with Crippen molar-refractivity contribution in [3.63, 3.8) is 0 Å². The van der Waals surface area contributed by atoms with Crippen LogP contribution in [-0.4, -0.2) is 16.7 Å². The summed E-state index contributed by atoms with van der Waals surface area (Å²) >= 11 is 6.41. The first-order valence-corrected chi connectivity index (χ1v) is 5.22. The monoisotopic (exact) mass is 1590 g/mol. The molecule has 0 saturated heterocycles. The second-order valence-corrected chi connectivity index (χ2v) is 1.15. The molecule has 0 rings (SSSR count). The van der Waals surface area contributed by atoms with Crippen molar-refractivity contribution in [2.24, 2.45) is 0 Å². The van der Waals surface area contributed by atoms with Crippen LogP contribution in [0.4, 0.5) is 0 Å². The van der Waals surface area contributed by atoms with Crippen molar-refractivity contribution in [2.75, 3.05) is 7.05 Å². The molecule has 1 N–H and O–H groups in total. The number of hydrogen-bond donors (Lipinski definition) is 1. The van der Waals surface area contributed by atoms with Crippen LogP contribution in [0, 0.1) is 0 Å². The van der Waals surface area contributed by atoms with Gasteiger partial charge in [0.2, 0.25) is 0 Å². The van der Waals surface area contributed by atoms with Crippen molar-refractivity contribution in [1.29, 1.82) is 0 Å². The van der Waals surface area contributed by atoms with E-state index in [1.807, 2.05) is 17.0 Å². The molecule has 32 heteroatoms. The fourth-order valence-electron chi connectivity index (χ4n) is 0. The first-order chi connectivity index (χ1) is 3.27. The quantitative estimate of drug-likeness (QED) is 0.393. The Morgan fingerprint density at radius 3 is 0.382 bits per heavy atom. The van der Waals surface area contributed by atoms with Crippen molar-refractivity contribution in [3.8, 4) is 0 Å². The van der Waals surface area contributed by atoms with Crippen molar-refractivity contribution < 1.29 is 552 Å². The number of aliphatic hydroxyl groups excluding tert-OH is 1. The van der Waals surface area contributed by atoms with E-state index in [1.165, 1.54) is 7.05 Å². The van der Waals surface area contributed by atoms with Crippen molar-refractivity contribution in [2.45, 2.75) is 0 Å². The third kappa shape index (κ3) is 308. The SMILES string of the molecule is C[N-][C](O)=[V].[V].[V].[V].[V].[V].[V].[V].[V].[V].[V].[V].[V].[V].[V].[V].[V].[V].[V].[V].[V].[V].[V].[V].[V].[V].[V].[V].[V]=[V]. The number of rotatable bonds is 1. The summed E-state index contributed by atoms with van der Waals surface area (Å²) in [5.41, 5.74) is 0. The zero-order valence-electron chi connectivity index (χ0n) is 15.8. The van der Waals surface area contributed by atoms with Gasteiger partial charge in [-0.25, -0.2) is 0 Å². The van der Waals surface area contributed by atoms with Gasteiger partial charge in [-0.05, 0) is 0 Å². The molecule has 27 radical (unpaired) electrons. The minimum atomic E-state index is 0. The van der Waals surface area contributed by atoms with Crippen LogP contribution in [0.25, 0.3) is 5.32 Å². The van der Waals surface area contributed by atoms with E-state index in [2.05, 4.69) is 34.6 Å². The molecule has 0 aliphatic carbocycles.